The SMILES string of the molecule is Cc1ccc(C(CCc2cccnc2)NN)c(F)c1F. The summed E-state index contributed by atoms with van der Waals surface area (Å²) < 4.78 is 27.5. The Morgan fingerprint density at radius 3 is 2.70 bits per heavy atom. The van der Waals surface area contributed by atoms with Gasteiger partial charge in [0.15, 0.2) is 11.6 Å². The van der Waals surface area contributed by atoms with Gasteiger partial charge >= 0.3 is 0 Å². The van der Waals surface area contributed by atoms with Crippen molar-refractivity contribution >= 4 is 0 Å². The van der Waals surface area contributed by atoms with Gasteiger partial charge in [-0.1, -0.05) is 18.2 Å². The van der Waals surface area contributed by atoms with Gasteiger partial charge in [-0.15, -0.1) is 0 Å². The molecule has 1 aromatic carbocycles. The van der Waals surface area contributed by atoms with Crippen LogP contribution in [-0.4, -0.2) is 4.98 Å². The summed E-state index contributed by atoms with van der Waals surface area (Å²) in [4.78, 5) is 4.02. The zero-order valence-electron chi connectivity index (χ0n) is 11.2. The van der Waals surface area contributed by atoms with Crippen LogP contribution in [0.4, 0.5) is 8.78 Å². The second-order valence-corrected chi connectivity index (χ2v) is 4.72. The van der Waals surface area contributed by atoms with E-state index in [1.165, 1.54) is 6.92 Å². The number of pyridine rings is 1. The standard InChI is InChI=1S/C15H17F2N3/c1-10-4-6-12(15(17)14(10)16)13(20-18)7-5-11-3-2-8-19-9-11/h2-4,6,8-9,13,20H,5,7,18H2,1H3. The molecule has 2 rings (SSSR count). The lowest BCUT2D eigenvalue weighted by molar-refractivity contribution is 0.449. The fourth-order valence-electron chi connectivity index (χ4n) is 2.12. The summed E-state index contributed by atoms with van der Waals surface area (Å²) in [6, 6.07) is 6.47. The molecule has 106 valence electrons. The zero-order valence-corrected chi connectivity index (χ0v) is 11.2. The Balaban J connectivity index is 2.15. The number of nitrogens with zero attached hydrogens (tertiary/aromatic N) is 1. The van der Waals surface area contributed by atoms with Crippen LogP contribution in [0.1, 0.15) is 29.2 Å². The van der Waals surface area contributed by atoms with E-state index in [0.717, 1.165) is 5.56 Å². The van der Waals surface area contributed by atoms with Crippen molar-refractivity contribution in [2.24, 2.45) is 5.84 Å². The summed E-state index contributed by atoms with van der Waals surface area (Å²) in [7, 11) is 0. The van der Waals surface area contributed by atoms with Crippen molar-refractivity contribution in [2.75, 3.05) is 0 Å². The Morgan fingerprint density at radius 2 is 2.05 bits per heavy atom. The van der Waals surface area contributed by atoms with Gasteiger partial charge in [0.25, 0.3) is 0 Å². The molecule has 1 atom stereocenters. The third kappa shape index (κ3) is 3.18. The normalized spacial score (nSPS) is 12.4. The van der Waals surface area contributed by atoms with Crippen LogP contribution in [0.5, 0.6) is 0 Å². The van der Waals surface area contributed by atoms with Crippen molar-refractivity contribution < 1.29 is 8.78 Å². The summed E-state index contributed by atoms with van der Waals surface area (Å²) in [5.74, 6) is 3.82. The summed E-state index contributed by atoms with van der Waals surface area (Å²) >= 11 is 0. The van der Waals surface area contributed by atoms with Crippen molar-refractivity contribution in [3.05, 3.63) is 65.0 Å². The van der Waals surface area contributed by atoms with E-state index in [4.69, 9.17) is 5.84 Å². The highest BCUT2D eigenvalue weighted by atomic mass is 19.2. The molecule has 0 aliphatic heterocycles. The third-order valence-electron chi connectivity index (χ3n) is 3.33. The third-order valence-corrected chi connectivity index (χ3v) is 3.33. The average molecular weight is 277 g/mol. The van der Waals surface area contributed by atoms with Crippen molar-refractivity contribution in [2.45, 2.75) is 25.8 Å². The summed E-state index contributed by atoms with van der Waals surface area (Å²) in [5, 5.41) is 0. The van der Waals surface area contributed by atoms with E-state index < -0.39 is 17.7 Å². The first-order valence-corrected chi connectivity index (χ1v) is 6.43. The molecule has 20 heavy (non-hydrogen) atoms. The lowest BCUT2D eigenvalue weighted by Crippen LogP contribution is -2.29. The Kier molecular flexibility index (Phi) is 4.76. The molecule has 2 aromatic rings. The van der Waals surface area contributed by atoms with Gasteiger partial charge < -0.3 is 0 Å². The smallest absolute Gasteiger partial charge is 0.163 e. The van der Waals surface area contributed by atoms with Crippen molar-refractivity contribution in [1.82, 2.24) is 10.4 Å². The van der Waals surface area contributed by atoms with Crippen molar-refractivity contribution in [3.63, 3.8) is 0 Å². The molecule has 0 saturated carbocycles. The molecule has 1 heterocycles. The first kappa shape index (κ1) is 14.6. The molecule has 1 unspecified atom stereocenters. The van der Waals surface area contributed by atoms with Gasteiger partial charge in [0.1, 0.15) is 0 Å². The second-order valence-electron chi connectivity index (χ2n) is 4.72. The molecule has 3 nitrogen and oxygen atoms in total. The van der Waals surface area contributed by atoms with Crippen LogP contribution in [0, 0.1) is 18.6 Å². The number of benzene rings is 1. The van der Waals surface area contributed by atoms with Gasteiger partial charge in [0, 0.05) is 24.0 Å². The van der Waals surface area contributed by atoms with E-state index in [-0.39, 0.29) is 11.1 Å². The molecular formula is C15H17F2N3. The first-order valence-electron chi connectivity index (χ1n) is 6.43. The van der Waals surface area contributed by atoms with E-state index in [1.807, 2.05) is 12.1 Å². The van der Waals surface area contributed by atoms with Gasteiger partial charge in [-0.25, -0.2) is 8.78 Å². The maximum absolute atomic E-state index is 13.9. The molecule has 0 spiro atoms. The van der Waals surface area contributed by atoms with Gasteiger partial charge in [-0.05, 0) is 37.0 Å². The quantitative estimate of drug-likeness (QED) is 0.652. The Hall–Kier alpha value is -1.85. The van der Waals surface area contributed by atoms with E-state index in [2.05, 4.69) is 10.4 Å². The predicted molar refractivity (Wildman–Crippen MR) is 73.7 cm³/mol. The highest BCUT2D eigenvalue weighted by molar-refractivity contribution is 5.28. The van der Waals surface area contributed by atoms with E-state index >= 15 is 0 Å². The largest absolute Gasteiger partial charge is 0.271 e. The van der Waals surface area contributed by atoms with E-state index in [1.54, 1.807) is 24.5 Å². The monoisotopic (exact) mass is 277 g/mol. The molecule has 0 aliphatic rings. The topological polar surface area (TPSA) is 50.9 Å². The number of aromatic nitrogens is 1. The summed E-state index contributed by atoms with van der Waals surface area (Å²) in [6.45, 7) is 1.53. The highest BCUT2D eigenvalue weighted by Gasteiger charge is 2.18. The fraction of sp³-hybridized carbons (Fsp3) is 0.267. The van der Waals surface area contributed by atoms with Crippen molar-refractivity contribution in [3.8, 4) is 0 Å². The predicted octanol–water partition coefficient (Wildman–Crippen LogP) is 2.81. The number of hydrazine groups is 1. The second kappa shape index (κ2) is 6.54. The number of aryl methyl sites for hydroxylation is 2. The fourth-order valence-corrected chi connectivity index (χ4v) is 2.12. The molecule has 3 N–H and O–H groups in total. The molecule has 0 saturated heterocycles. The lowest BCUT2D eigenvalue weighted by atomic mass is 9.98. The van der Waals surface area contributed by atoms with E-state index in [9.17, 15) is 8.78 Å². The number of nitrogens with one attached hydrogen (secondary N) is 1. The molecule has 0 radical (unpaired) electrons. The number of hydrogen-bond acceptors (Lipinski definition) is 3. The molecule has 0 aliphatic carbocycles. The molecule has 0 bridgehead atoms. The Labute approximate surface area is 116 Å². The minimum Gasteiger partial charge on any atom is -0.271 e. The molecule has 0 fully saturated rings. The molecule has 5 heteroatoms. The maximum atomic E-state index is 13.9. The van der Waals surface area contributed by atoms with Crippen LogP contribution in [0.15, 0.2) is 36.7 Å². The van der Waals surface area contributed by atoms with Crippen LogP contribution >= 0.6 is 0 Å². The molecular weight excluding hydrogens is 260 g/mol. The Morgan fingerprint density at radius 1 is 1.25 bits per heavy atom. The highest BCUT2D eigenvalue weighted by Crippen LogP contribution is 2.24. The van der Waals surface area contributed by atoms with Crippen LogP contribution in [0.3, 0.4) is 0 Å². The van der Waals surface area contributed by atoms with Crippen LogP contribution in [0.25, 0.3) is 0 Å². The summed E-state index contributed by atoms with van der Waals surface area (Å²) in [5.41, 5.74) is 4.11. The number of halogens is 2. The molecule has 1 aromatic heterocycles. The number of rotatable bonds is 5. The average Bonchev–Trinajstić information content (AvgIpc) is 2.48. The van der Waals surface area contributed by atoms with Gasteiger partial charge in [-0.3, -0.25) is 16.3 Å². The zero-order chi connectivity index (χ0) is 14.5. The first-order chi connectivity index (χ1) is 9.63. The van der Waals surface area contributed by atoms with Gasteiger partial charge in [-0.2, -0.15) is 0 Å². The van der Waals surface area contributed by atoms with Crippen molar-refractivity contribution in [1.29, 1.82) is 0 Å². The Bertz CT molecular complexity index is 573. The van der Waals surface area contributed by atoms with E-state index in [0.29, 0.717) is 12.8 Å². The molecule has 0 amide bonds. The van der Waals surface area contributed by atoms with Crippen LogP contribution < -0.4 is 11.3 Å². The number of hydrogen-bond donors (Lipinski definition) is 2. The van der Waals surface area contributed by atoms with Gasteiger partial charge in [0.2, 0.25) is 0 Å². The van der Waals surface area contributed by atoms with Gasteiger partial charge in [0.05, 0.1) is 0 Å². The van der Waals surface area contributed by atoms with Crippen LogP contribution in [-0.2, 0) is 6.42 Å². The maximum Gasteiger partial charge on any atom is 0.163 e. The van der Waals surface area contributed by atoms with Crippen LogP contribution in [0.2, 0.25) is 0 Å². The minimum absolute atomic E-state index is 0.250. The lowest BCUT2D eigenvalue weighted by Gasteiger charge is -2.17. The summed E-state index contributed by atoms with van der Waals surface area (Å²) in [6.07, 6.45) is 4.68. The minimum atomic E-state index is -0.834. The number of nitrogens with two attached hydrogens (primary N) is 1.